The minimum absolute atomic E-state index is 0.278. The van der Waals surface area contributed by atoms with Gasteiger partial charge in [0.25, 0.3) is 0 Å². The first-order valence-corrected chi connectivity index (χ1v) is 5.08. The fourth-order valence-electron chi connectivity index (χ4n) is 1.64. The third-order valence-corrected chi connectivity index (χ3v) is 2.61. The molecule has 0 spiro atoms. The average molecular weight is 206 g/mol. The van der Waals surface area contributed by atoms with Crippen LogP contribution >= 0.6 is 0 Å². The van der Waals surface area contributed by atoms with Crippen molar-refractivity contribution in [3.8, 4) is 0 Å². The predicted molar refractivity (Wildman–Crippen MR) is 57.2 cm³/mol. The molecule has 1 heterocycles. The quantitative estimate of drug-likeness (QED) is 0.813. The molecule has 2 rings (SSSR count). The Labute approximate surface area is 88.6 Å². The summed E-state index contributed by atoms with van der Waals surface area (Å²) in [5.41, 5.74) is 0.278. The summed E-state index contributed by atoms with van der Waals surface area (Å²) in [6.45, 7) is 0.900. The van der Waals surface area contributed by atoms with Gasteiger partial charge in [0.15, 0.2) is 0 Å². The van der Waals surface area contributed by atoms with Crippen LogP contribution in [-0.2, 0) is 0 Å². The monoisotopic (exact) mass is 206 g/mol. The molecular formula is C11H14N2O2. The van der Waals surface area contributed by atoms with E-state index < -0.39 is 5.97 Å². The largest absolute Gasteiger partial charge is 0.478 e. The maximum atomic E-state index is 11.0. The van der Waals surface area contributed by atoms with Crippen LogP contribution < -0.4 is 4.90 Å². The highest BCUT2D eigenvalue weighted by Crippen LogP contribution is 2.31. The van der Waals surface area contributed by atoms with E-state index in [2.05, 4.69) is 4.98 Å². The molecule has 0 radical (unpaired) electrons. The number of carboxylic acid groups (broad SMARTS) is 1. The van der Waals surface area contributed by atoms with Gasteiger partial charge >= 0.3 is 5.97 Å². The van der Waals surface area contributed by atoms with Gasteiger partial charge in [0.05, 0.1) is 0 Å². The molecule has 80 valence electrons. The number of anilines is 1. The summed E-state index contributed by atoms with van der Waals surface area (Å²) in [6, 6.07) is 3.24. The van der Waals surface area contributed by atoms with Crippen molar-refractivity contribution < 1.29 is 9.90 Å². The lowest BCUT2D eigenvalue weighted by molar-refractivity contribution is 0.0697. The van der Waals surface area contributed by atoms with E-state index in [9.17, 15) is 4.79 Å². The van der Waals surface area contributed by atoms with E-state index >= 15 is 0 Å². The normalized spacial score (nSPS) is 15.0. The van der Waals surface area contributed by atoms with E-state index in [4.69, 9.17) is 5.11 Å². The van der Waals surface area contributed by atoms with Gasteiger partial charge in [-0.1, -0.05) is 0 Å². The van der Waals surface area contributed by atoms with Crippen LogP contribution in [0.25, 0.3) is 0 Å². The zero-order valence-electron chi connectivity index (χ0n) is 8.68. The van der Waals surface area contributed by atoms with Gasteiger partial charge < -0.3 is 10.0 Å². The molecule has 1 aromatic heterocycles. The first kappa shape index (κ1) is 9.96. The Bertz CT molecular complexity index is 375. The topological polar surface area (TPSA) is 53.4 Å². The second kappa shape index (κ2) is 3.88. The summed E-state index contributed by atoms with van der Waals surface area (Å²) in [7, 11) is 1.90. The molecule has 0 aromatic carbocycles. The molecule has 4 heteroatoms. The van der Waals surface area contributed by atoms with Crippen molar-refractivity contribution in [2.45, 2.75) is 12.8 Å². The Kier molecular flexibility index (Phi) is 2.58. The van der Waals surface area contributed by atoms with Crippen LogP contribution in [0.4, 0.5) is 5.82 Å². The molecule has 1 aromatic rings. The van der Waals surface area contributed by atoms with Crippen LogP contribution in [0.15, 0.2) is 18.3 Å². The summed E-state index contributed by atoms with van der Waals surface area (Å²) >= 11 is 0. The van der Waals surface area contributed by atoms with Crippen molar-refractivity contribution in [1.82, 2.24) is 4.98 Å². The summed E-state index contributed by atoms with van der Waals surface area (Å²) in [4.78, 5) is 17.0. The summed E-state index contributed by atoms with van der Waals surface area (Å²) in [5, 5.41) is 9.00. The molecule has 1 aliphatic rings. The smallest absolute Gasteiger partial charge is 0.339 e. The maximum absolute atomic E-state index is 11.0. The molecule has 0 saturated heterocycles. The molecule has 1 aliphatic carbocycles. The van der Waals surface area contributed by atoms with Gasteiger partial charge in [-0.25, -0.2) is 9.78 Å². The van der Waals surface area contributed by atoms with Crippen LogP contribution in [-0.4, -0.2) is 29.7 Å². The van der Waals surface area contributed by atoms with Gasteiger partial charge in [-0.2, -0.15) is 0 Å². The van der Waals surface area contributed by atoms with Crippen LogP contribution in [0.5, 0.6) is 0 Å². The minimum atomic E-state index is -0.916. The van der Waals surface area contributed by atoms with Gasteiger partial charge in [-0.05, 0) is 30.9 Å². The van der Waals surface area contributed by atoms with Crippen molar-refractivity contribution in [2.24, 2.45) is 5.92 Å². The Morgan fingerprint density at radius 1 is 1.67 bits per heavy atom. The lowest BCUT2D eigenvalue weighted by Gasteiger charge is -2.19. The highest BCUT2D eigenvalue weighted by atomic mass is 16.4. The van der Waals surface area contributed by atoms with Crippen molar-refractivity contribution in [3.05, 3.63) is 23.9 Å². The lowest BCUT2D eigenvalue weighted by atomic mass is 10.2. The number of aromatic carboxylic acids is 1. The molecule has 1 N–H and O–H groups in total. The van der Waals surface area contributed by atoms with E-state index in [1.807, 2.05) is 11.9 Å². The zero-order chi connectivity index (χ0) is 10.8. The third-order valence-electron chi connectivity index (χ3n) is 2.61. The Morgan fingerprint density at radius 3 is 3.00 bits per heavy atom. The summed E-state index contributed by atoms with van der Waals surface area (Å²) < 4.78 is 0. The molecule has 1 fully saturated rings. The highest BCUT2D eigenvalue weighted by Gasteiger charge is 2.25. The number of aromatic nitrogens is 1. The van der Waals surface area contributed by atoms with Crippen LogP contribution in [0, 0.1) is 5.92 Å². The fourth-order valence-corrected chi connectivity index (χ4v) is 1.64. The van der Waals surface area contributed by atoms with E-state index in [1.54, 1.807) is 18.3 Å². The number of hydrogen-bond donors (Lipinski definition) is 1. The van der Waals surface area contributed by atoms with Gasteiger partial charge in [-0.15, -0.1) is 0 Å². The highest BCUT2D eigenvalue weighted by molar-refractivity contribution is 5.93. The molecule has 4 nitrogen and oxygen atoms in total. The van der Waals surface area contributed by atoms with E-state index in [1.165, 1.54) is 12.8 Å². The van der Waals surface area contributed by atoms with Crippen LogP contribution in [0.1, 0.15) is 23.2 Å². The van der Waals surface area contributed by atoms with Crippen LogP contribution in [0.3, 0.4) is 0 Å². The summed E-state index contributed by atoms with van der Waals surface area (Å²) in [6.07, 6.45) is 4.13. The number of pyridine rings is 1. The first-order chi connectivity index (χ1) is 7.18. The second-order valence-electron chi connectivity index (χ2n) is 4.00. The third kappa shape index (κ3) is 2.26. The van der Waals surface area contributed by atoms with Crippen molar-refractivity contribution >= 4 is 11.8 Å². The standard InChI is InChI=1S/C11H14N2O2/c1-13(7-8-4-5-8)10-9(11(14)15)3-2-6-12-10/h2-3,6,8H,4-5,7H2,1H3,(H,14,15). The van der Waals surface area contributed by atoms with E-state index in [0.717, 1.165) is 12.5 Å². The van der Waals surface area contributed by atoms with Gasteiger partial charge in [0.1, 0.15) is 11.4 Å². The number of carboxylic acids is 1. The molecule has 15 heavy (non-hydrogen) atoms. The number of nitrogens with zero attached hydrogens (tertiary/aromatic N) is 2. The molecule has 0 atom stereocenters. The van der Waals surface area contributed by atoms with Crippen molar-refractivity contribution in [2.75, 3.05) is 18.5 Å². The zero-order valence-corrected chi connectivity index (χ0v) is 8.68. The molecule has 1 saturated carbocycles. The maximum Gasteiger partial charge on any atom is 0.339 e. The number of carbonyl (C=O) groups is 1. The lowest BCUT2D eigenvalue weighted by Crippen LogP contribution is -2.23. The Balaban J connectivity index is 2.20. The summed E-state index contributed by atoms with van der Waals surface area (Å²) in [5.74, 6) is 0.372. The average Bonchev–Trinajstić information content (AvgIpc) is 3.01. The first-order valence-electron chi connectivity index (χ1n) is 5.08. The second-order valence-corrected chi connectivity index (χ2v) is 4.00. The van der Waals surface area contributed by atoms with E-state index in [0.29, 0.717) is 5.82 Å². The van der Waals surface area contributed by atoms with Crippen molar-refractivity contribution in [3.63, 3.8) is 0 Å². The SMILES string of the molecule is CN(CC1CC1)c1ncccc1C(=O)O. The Hall–Kier alpha value is -1.58. The minimum Gasteiger partial charge on any atom is -0.478 e. The van der Waals surface area contributed by atoms with Crippen LogP contribution in [0.2, 0.25) is 0 Å². The molecule has 0 bridgehead atoms. The number of rotatable bonds is 4. The van der Waals surface area contributed by atoms with E-state index in [-0.39, 0.29) is 5.56 Å². The molecule has 0 aliphatic heterocycles. The number of hydrogen-bond acceptors (Lipinski definition) is 3. The molecular weight excluding hydrogens is 192 g/mol. The van der Waals surface area contributed by atoms with Gasteiger partial charge in [0, 0.05) is 19.8 Å². The Morgan fingerprint density at radius 2 is 2.40 bits per heavy atom. The van der Waals surface area contributed by atoms with Crippen molar-refractivity contribution in [1.29, 1.82) is 0 Å². The van der Waals surface area contributed by atoms with Gasteiger partial charge in [0.2, 0.25) is 0 Å². The molecule has 0 amide bonds. The predicted octanol–water partition coefficient (Wildman–Crippen LogP) is 1.63. The fraction of sp³-hybridized carbons (Fsp3) is 0.455. The molecule has 0 unspecified atom stereocenters. The van der Waals surface area contributed by atoms with Gasteiger partial charge in [-0.3, -0.25) is 0 Å².